The van der Waals surface area contributed by atoms with Crippen molar-refractivity contribution in [3.8, 4) is 5.75 Å². The molecule has 4 rings (SSSR count). The maximum atomic E-state index is 13.7. The first kappa shape index (κ1) is 25.7. The molecule has 0 radical (unpaired) electrons. The molecular formula is C27H22ClF4NO3. The van der Waals surface area contributed by atoms with Crippen LogP contribution in [0.1, 0.15) is 59.1 Å². The number of aromatic nitrogens is 1. The molecule has 0 N–H and O–H groups in total. The molecule has 1 aliphatic carbocycles. The summed E-state index contributed by atoms with van der Waals surface area (Å²) in [7, 11) is 0. The van der Waals surface area contributed by atoms with E-state index in [1.54, 1.807) is 37.3 Å². The highest BCUT2D eigenvalue weighted by Crippen LogP contribution is 2.44. The zero-order valence-electron chi connectivity index (χ0n) is 19.3. The van der Waals surface area contributed by atoms with E-state index < -0.39 is 23.4 Å². The molecule has 36 heavy (non-hydrogen) atoms. The molecule has 4 nitrogen and oxygen atoms in total. The van der Waals surface area contributed by atoms with E-state index in [-0.39, 0.29) is 24.7 Å². The minimum absolute atomic E-state index is 0.0112. The summed E-state index contributed by atoms with van der Waals surface area (Å²) in [6.45, 7) is 1.74. The largest absolute Gasteiger partial charge is 0.488 e. The van der Waals surface area contributed by atoms with Gasteiger partial charge in [-0.15, -0.1) is 0 Å². The number of alkyl halides is 3. The molecule has 3 aromatic rings. The van der Waals surface area contributed by atoms with Crippen molar-refractivity contribution in [2.45, 2.75) is 39.0 Å². The van der Waals surface area contributed by atoms with Gasteiger partial charge in [-0.3, -0.25) is 0 Å². The van der Waals surface area contributed by atoms with Gasteiger partial charge in [-0.25, -0.2) is 14.2 Å². The van der Waals surface area contributed by atoms with Crippen LogP contribution in [-0.4, -0.2) is 17.6 Å². The molecular weight excluding hydrogens is 498 g/mol. The molecule has 0 aliphatic heterocycles. The SMILES string of the molecule is CCOC(=O)c1cc(C(F)(F)F)cc(C2=C(c3cc(Cl)ccc3OCc3ccc(F)cc3)CCC2)n1. The van der Waals surface area contributed by atoms with Gasteiger partial charge in [0.2, 0.25) is 0 Å². The van der Waals surface area contributed by atoms with Crippen LogP contribution < -0.4 is 4.74 Å². The molecule has 2 aromatic carbocycles. The zero-order chi connectivity index (χ0) is 25.9. The van der Waals surface area contributed by atoms with Crippen LogP contribution in [0, 0.1) is 5.82 Å². The number of esters is 1. The number of allylic oxidation sites excluding steroid dienone is 2. The number of carbonyl (C=O) groups is 1. The molecule has 0 atom stereocenters. The Labute approximate surface area is 210 Å². The van der Waals surface area contributed by atoms with Gasteiger partial charge in [0.15, 0.2) is 0 Å². The minimum Gasteiger partial charge on any atom is -0.488 e. The molecule has 9 heteroatoms. The van der Waals surface area contributed by atoms with Crippen molar-refractivity contribution in [1.82, 2.24) is 4.98 Å². The van der Waals surface area contributed by atoms with Crippen molar-refractivity contribution in [3.05, 3.63) is 93.5 Å². The first-order valence-corrected chi connectivity index (χ1v) is 11.7. The summed E-state index contributed by atoms with van der Waals surface area (Å²) in [6.07, 6.45) is -2.95. The Morgan fingerprint density at radius 1 is 1.03 bits per heavy atom. The van der Waals surface area contributed by atoms with E-state index >= 15 is 0 Å². The van der Waals surface area contributed by atoms with Gasteiger partial charge in [0.1, 0.15) is 23.9 Å². The molecule has 1 aromatic heterocycles. The lowest BCUT2D eigenvalue weighted by Crippen LogP contribution is -2.13. The zero-order valence-corrected chi connectivity index (χ0v) is 20.0. The highest BCUT2D eigenvalue weighted by Gasteiger charge is 2.34. The molecule has 1 heterocycles. The van der Waals surface area contributed by atoms with Crippen molar-refractivity contribution in [1.29, 1.82) is 0 Å². The molecule has 0 saturated carbocycles. The summed E-state index contributed by atoms with van der Waals surface area (Å²) in [5.74, 6) is -0.797. The smallest absolute Gasteiger partial charge is 0.416 e. The average Bonchev–Trinajstić information content (AvgIpc) is 3.33. The van der Waals surface area contributed by atoms with E-state index in [2.05, 4.69) is 4.98 Å². The highest BCUT2D eigenvalue weighted by atomic mass is 35.5. The van der Waals surface area contributed by atoms with Gasteiger partial charge < -0.3 is 9.47 Å². The molecule has 0 fully saturated rings. The van der Waals surface area contributed by atoms with E-state index in [1.807, 2.05) is 0 Å². The lowest BCUT2D eigenvalue weighted by atomic mass is 9.98. The van der Waals surface area contributed by atoms with E-state index in [9.17, 15) is 22.4 Å². The lowest BCUT2D eigenvalue weighted by molar-refractivity contribution is -0.137. The van der Waals surface area contributed by atoms with Crippen LogP contribution in [0.2, 0.25) is 5.02 Å². The standard InChI is InChI=1S/C27H22ClF4NO3/c1-2-35-26(34)24-13-17(27(30,31)32)12-23(33-24)21-5-3-4-20(21)22-14-18(28)8-11-25(22)36-15-16-6-9-19(29)10-7-16/h6-14H,2-5,15H2,1H3. The third kappa shape index (κ3) is 5.87. The molecule has 1 aliphatic rings. The summed E-state index contributed by atoms with van der Waals surface area (Å²) in [4.78, 5) is 16.5. The Morgan fingerprint density at radius 2 is 1.75 bits per heavy atom. The van der Waals surface area contributed by atoms with Crippen LogP contribution in [-0.2, 0) is 17.5 Å². The second-order valence-electron chi connectivity index (χ2n) is 8.21. The molecule has 0 amide bonds. The quantitative estimate of drug-likeness (QED) is 0.236. The Bertz CT molecular complexity index is 1300. The predicted molar refractivity (Wildman–Crippen MR) is 128 cm³/mol. The number of pyridine rings is 1. The van der Waals surface area contributed by atoms with Crippen LogP contribution in [0.5, 0.6) is 5.75 Å². The minimum atomic E-state index is -4.67. The number of hydrogen-bond donors (Lipinski definition) is 0. The first-order chi connectivity index (χ1) is 17.2. The van der Waals surface area contributed by atoms with E-state index in [0.29, 0.717) is 47.2 Å². The van der Waals surface area contributed by atoms with Gasteiger partial charge in [-0.2, -0.15) is 13.2 Å². The number of nitrogens with zero attached hydrogens (tertiary/aromatic N) is 1. The summed E-state index contributed by atoms with van der Waals surface area (Å²) < 4.78 is 65.1. The van der Waals surface area contributed by atoms with Crippen molar-refractivity contribution >= 4 is 28.7 Å². The van der Waals surface area contributed by atoms with Gasteiger partial charge in [-0.05, 0) is 85.4 Å². The number of rotatable bonds is 7. The van der Waals surface area contributed by atoms with Crippen molar-refractivity contribution in [2.24, 2.45) is 0 Å². The number of ether oxygens (including phenoxy) is 2. The highest BCUT2D eigenvalue weighted by molar-refractivity contribution is 6.30. The first-order valence-electron chi connectivity index (χ1n) is 11.3. The van der Waals surface area contributed by atoms with Crippen molar-refractivity contribution in [3.63, 3.8) is 0 Å². The molecule has 0 spiro atoms. The Hall–Kier alpha value is -3.39. The average molecular weight is 520 g/mol. The second-order valence-corrected chi connectivity index (χ2v) is 8.65. The fraction of sp³-hybridized carbons (Fsp3) is 0.259. The van der Waals surface area contributed by atoms with Crippen molar-refractivity contribution < 1.29 is 31.8 Å². The summed E-state index contributed by atoms with van der Waals surface area (Å²) >= 11 is 6.26. The van der Waals surface area contributed by atoms with Gasteiger partial charge in [-0.1, -0.05) is 23.7 Å². The van der Waals surface area contributed by atoms with Crippen LogP contribution >= 0.6 is 11.6 Å². The molecule has 0 saturated heterocycles. The van der Waals surface area contributed by atoms with E-state index in [1.165, 1.54) is 12.1 Å². The third-order valence-electron chi connectivity index (χ3n) is 5.74. The monoisotopic (exact) mass is 519 g/mol. The number of halogens is 5. The van der Waals surface area contributed by atoms with Crippen LogP contribution in [0.25, 0.3) is 11.1 Å². The number of benzene rings is 2. The fourth-order valence-corrected chi connectivity index (χ4v) is 4.26. The summed E-state index contributed by atoms with van der Waals surface area (Å²) in [5, 5.41) is 0.432. The van der Waals surface area contributed by atoms with Gasteiger partial charge in [0.25, 0.3) is 0 Å². The maximum Gasteiger partial charge on any atom is 0.416 e. The number of hydrogen-bond acceptors (Lipinski definition) is 4. The van der Waals surface area contributed by atoms with Crippen LogP contribution in [0.3, 0.4) is 0 Å². The summed E-state index contributed by atoms with van der Waals surface area (Å²) in [6, 6.07) is 12.6. The van der Waals surface area contributed by atoms with E-state index in [0.717, 1.165) is 17.2 Å². The molecule has 0 unspecified atom stereocenters. The predicted octanol–water partition coefficient (Wildman–Crippen LogP) is 7.74. The van der Waals surface area contributed by atoms with Gasteiger partial charge in [0.05, 0.1) is 17.9 Å². The number of carbonyl (C=O) groups excluding carboxylic acids is 1. The van der Waals surface area contributed by atoms with Crippen LogP contribution in [0.15, 0.2) is 54.6 Å². The lowest BCUT2D eigenvalue weighted by Gasteiger charge is -2.16. The summed E-state index contributed by atoms with van der Waals surface area (Å²) in [5.41, 5.74) is 1.39. The van der Waals surface area contributed by atoms with Crippen molar-refractivity contribution in [2.75, 3.05) is 6.61 Å². The third-order valence-corrected chi connectivity index (χ3v) is 5.97. The maximum absolute atomic E-state index is 13.7. The molecule has 0 bridgehead atoms. The Balaban J connectivity index is 1.77. The van der Waals surface area contributed by atoms with E-state index in [4.69, 9.17) is 21.1 Å². The Morgan fingerprint density at radius 3 is 2.44 bits per heavy atom. The van der Waals surface area contributed by atoms with Gasteiger partial charge >= 0.3 is 12.1 Å². The normalized spacial score (nSPS) is 13.7. The Kier molecular flexibility index (Phi) is 7.64. The molecule has 188 valence electrons. The van der Waals surface area contributed by atoms with Crippen LogP contribution in [0.4, 0.5) is 17.6 Å². The topological polar surface area (TPSA) is 48.4 Å². The fourth-order valence-electron chi connectivity index (χ4n) is 4.09. The second kappa shape index (κ2) is 10.7. The van der Waals surface area contributed by atoms with Gasteiger partial charge in [0, 0.05) is 10.6 Å².